The Hall–Kier alpha value is -0.910. The lowest BCUT2D eigenvalue weighted by atomic mass is 10.1. The molecule has 5 heteroatoms. The van der Waals surface area contributed by atoms with Crippen molar-refractivity contribution in [1.82, 2.24) is 9.62 Å². The molecule has 4 nitrogen and oxygen atoms in total. The van der Waals surface area contributed by atoms with Gasteiger partial charge in [0, 0.05) is 19.6 Å². The second-order valence-electron chi connectivity index (χ2n) is 5.37. The van der Waals surface area contributed by atoms with Gasteiger partial charge in [-0.05, 0) is 43.5 Å². The highest BCUT2D eigenvalue weighted by atomic mass is 32.2. The molecule has 0 saturated heterocycles. The van der Waals surface area contributed by atoms with Crippen molar-refractivity contribution in [1.29, 1.82) is 0 Å². The van der Waals surface area contributed by atoms with Gasteiger partial charge in [0.05, 0.1) is 4.90 Å². The number of hydrogen-bond donors (Lipinski definition) is 1. The van der Waals surface area contributed by atoms with Crippen molar-refractivity contribution in [3.8, 4) is 0 Å². The van der Waals surface area contributed by atoms with E-state index in [4.69, 9.17) is 0 Å². The van der Waals surface area contributed by atoms with Gasteiger partial charge in [-0.3, -0.25) is 0 Å². The molecule has 0 aliphatic heterocycles. The van der Waals surface area contributed by atoms with Crippen LogP contribution in [0.1, 0.15) is 44.7 Å². The fourth-order valence-corrected chi connectivity index (χ4v) is 4.23. The van der Waals surface area contributed by atoms with Crippen molar-refractivity contribution in [3.63, 3.8) is 0 Å². The normalized spacial score (nSPS) is 12.3. The van der Waals surface area contributed by atoms with E-state index in [0.717, 1.165) is 30.5 Å². The standard InChI is InChI=1S/C16H28N2O2S/c1-6-15(7-2)18(5)21(19,20)16-11-14(12-17-8-3)10-9-13(16)4/h9-11,15,17H,6-8,12H2,1-5H3. The summed E-state index contributed by atoms with van der Waals surface area (Å²) in [7, 11) is -1.75. The molecule has 0 aliphatic rings. The summed E-state index contributed by atoms with van der Waals surface area (Å²) in [4.78, 5) is 0.423. The van der Waals surface area contributed by atoms with Crippen LogP contribution in [0.2, 0.25) is 0 Å². The number of aryl methyl sites for hydroxylation is 1. The van der Waals surface area contributed by atoms with E-state index in [1.807, 2.05) is 39.8 Å². The van der Waals surface area contributed by atoms with Crippen molar-refractivity contribution >= 4 is 10.0 Å². The molecule has 0 aliphatic carbocycles. The average molecular weight is 312 g/mol. The van der Waals surface area contributed by atoms with E-state index in [9.17, 15) is 8.42 Å². The third-order valence-electron chi connectivity index (χ3n) is 3.95. The molecule has 0 unspecified atom stereocenters. The summed E-state index contributed by atoms with van der Waals surface area (Å²) in [5, 5.41) is 3.23. The Bertz CT molecular complexity index is 551. The topological polar surface area (TPSA) is 49.4 Å². The molecule has 0 radical (unpaired) electrons. The minimum Gasteiger partial charge on any atom is -0.313 e. The van der Waals surface area contributed by atoms with Crippen LogP contribution >= 0.6 is 0 Å². The van der Waals surface area contributed by atoms with Crippen LogP contribution < -0.4 is 5.32 Å². The molecule has 0 fully saturated rings. The number of benzene rings is 1. The van der Waals surface area contributed by atoms with E-state index >= 15 is 0 Å². The Morgan fingerprint density at radius 3 is 2.33 bits per heavy atom. The van der Waals surface area contributed by atoms with Gasteiger partial charge in [0.25, 0.3) is 0 Å². The molecule has 1 rings (SSSR count). The first-order chi connectivity index (χ1) is 9.88. The van der Waals surface area contributed by atoms with E-state index < -0.39 is 10.0 Å². The van der Waals surface area contributed by atoms with Crippen LogP contribution in [0.3, 0.4) is 0 Å². The van der Waals surface area contributed by atoms with Crippen molar-refractivity contribution in [2.24, 2.45) is 0 Å². The first kappa shape index (κ1) is 18.1. The van der Waals surface area contributed by atoms with Crippen molar-refractivity contribution in [2.45, 2.75) is 58.0 Å². The highest BCUT2D eigenvalue weighted by Crippen LogP contribution is 2.23. The Labute approximate surface area is 129 Å². The Morgan fingerprint density at radius 2 is 1.81 bits per heavy atom. The molecule has 0 spiro atoms. The molecule has 0 atom stereocenters. The van der Waals surface area contributed by atoms with Crippen LogP contribution in [-0.4, -0.2) is 32.4 Å². The monoisotopic (exact) mass is 312 g/mol. The van der Waals surface area contributed by atoms with Crippen molar-refractivity contribution < 1.29 is 8.42 Å². The molecule has 1 aromatic rings. The molecule has 0 saturated carbocycles. The second kappa shape index (κ2) is 7.92. The van der Waals surface area contributed by atoms with Crippen molar-refractivity contribution in [3.05, 3.63) is 29.3 Å². The second-order valence-corrected chi connectivity index (χ2v) is 7.34. The van der Waals surface area contributed by atoms with Gasteiger partial charge in [0.15, 0.2) is 0 Å². The van der Waals surface area contributed by atoms with Gasteiger partial charge < -0.3 is 5.32 Å². The minimum atomic E-state index is -3.44. The van der Waals surface area contributed by atoms with E-state index in [0.29, 0.717) is 11.4 Å². The summed E-state index contributed by atoms with van der Waals surface area (Å²) in [6.07, 6.45) is 1.64. The van der Waals surface area contributed by atoms with Crippen LogP contribution in [0.4, 0.5) is 0 Å². The zero-order chi connectivity index (χ0) is 16.0. The van der Waals surface area contributed by atoms with Gasteiger partial charge in [-0.1, -0.05) is 32.9 Å². The molecule has 21 heavy (non-hydrogen) atoms. The third kappa shape index (κ3) is 4.28. The van der Waals surface area contributed by atoms with Gasteiger partial charge in [-0.2, -0.15) is 4.31 Å². The summed E-state index contributed by atoms with van der Waals surface area (Å²) in [6, 6.07) is 5.72. The lowest BCUT2D eigenvalue weighted by Gasteiger charge is -2.26. The molecule has 120 valence electrons. The molecule has 0 amide bonds. The molecular weight excluding hydrogens is 284 g/mol. The zero-order valence-electron chi connectivity index (χ0n) is 13.8. The number of sulfonamides is 1. The maximum Gasteiger partial charge on any atom is 0.243 e. The van der Waals surface area contributed by atoms with Crippen LogP contribution in [0.25, 0.3) is 0 Å². The fraction of sp³-hybridized carbons (Fsp3) is 0.625. The Balaban J connectivity index is 3.17. The van der Waals surface area contributed by atoms with E-state index in [-0.39, 0.29) is 6.04 Å². The molecule has 0 heterocycles. The zero-order valence-corrected chi connectivity index (χ0v) is 14.6. The first-order valence-corrected chi connectivity index (χ1v) is 9.10. The lowest BCUT2D eigenvalue weighted by molar-refractivity contribution is 0.349. The van der Waals surface area contributed by atoms with Gasteiger partial charge in [0.2, 0.25) is 10.0 Å². The highest BCUT2D eigenvalue weighted by Gasteiger charge is 2.27. The summed E-state index contributed by atoms with van der Waals surface area (Å²) in [5.41, 5.74) is 1.80. The maximum atomic E-state index is 12.8. The van der Waals surface area contributed by atoms with E-state index in [1.165, 1.54) is 4.31 Å². The molecule has 1 N–H and O–H groups in total. The third-order valence-corrected chi connectivity index (χ3v) is 6.00. The fourth-order valence-electron chi connectivity index (χ4n) is 2.46. The summed E-state index contributed by atoms with van der Waals surface area (Å²) in [5.74, 6) is 0. The van der Waals surface area contributed by atoms with Gasteiger partial charge >= 0.3 is 0 Å². The number of nitrogens with one attached hydrogen (secondary N) is 1. The SMILES string of the molecule is CCNCc1ccc(C)c(S(=O)(=O)N(C)C(CC)CC)c1. The Kier molecular flexibility index (Phi) is 6.84. The van der Waals surface area contributed by atoms with Crippen LogP contribution in [0.5, 0.6) is 0 Å². The van der Waals surface area contributed by atoms with E-state index in [2.05, 4.69) is 5.32 Å². The summed E-state index contributed by atoms with van der Waals surface area (Å²) in [6.45, 7) is 9.48. The number of rotatable bonds is 8. The molecule has 0 bridgehead atoms. The average Bonchev–Trinajstić information content (AvgIpc) is 2.47. The minimum absolute atomic E-state index is 0.0480. The number of hydrogen-bond acceptors (Lipinski definition) is 3. The Morgan fingerprint density at radius 1 is 1.19 bits per heavy atom. The lowest BCUT2D eigenvalue weighted by Crippen LogP contribution is -2.36. The van der Waals surface area contributed by atoms with Crippen LogP contribution in [0.15, 0.2) is 23.1 Å². The smallest absolute Gasteiger partial charge is 0.243 e. The van der Waals surface area contributed by atoms with Gasteiger partial charge in [-0.25, -0.2) is 8.42 Å². The molecular formula is C16H28N2O2S. The van der Waals surface area contributed by atoms with Gasteiger partial charge in [0.1, 0.15) is 0 Å². The number of nitrogens with zero attached hydrogens (tertiary/aromatic N) is 1. The molecule has 0 aromatic heterocycles. The molecule has 1 aromatic carbocycles. The quantitative estimate of drug-likeness (QED) is 0.803. The predicted molar refractivity (Wildman–Crippen MR) is 87.9 cm³/mol. The summed E-state index contributed by atoms with van der Waals surface area (Å²) >= 11 is 0. The largest absolute Gasteiger partial charge is 0.313 e. The van der Waals surface area contributed by atoms with E-state index in [1.54, 1.807) is 13.1 Å². The highest BCUT2D eigenvalue weighted by molar-refractivity contribution is 7.89. The summed E-state index contributed by atoms with van der Waals surface area (Å²) < 4.78 is 27.2. The predicted octanol–water partition coefficient (Wildman–Crippen LogP) is 2.91. The maximum absolute atomic E-state index is 12.8. The van der Waals surface area contributed by atoms with Crippen molar-refractivity contribution in [2.75, 3.05) is 13.6 Å². The first-order valence-electron chi connectivity index (χ1n) is 7.66. The van der Waals surface area contributed by atoms with Gasteiger partial charge in [-0.15, -0.1) is 0 Å². The van der Waals surface area contributed by atoms with Crippen LogP contribution in [-0.2, 0) is 16.6 Å². The van der Waals surface area contributed by atoms with Crippen LogP contribution in [0, 0.1) is 6.92 Å².